The summed E-state index contributed by atoms with van der Waals surface area (Å²) in [6, 6.07) is 1.13. The molecule has 3 aliphatic rings. The van der Waals surface area contributed by atoms with Crippen molar-refractivity contribution in [2.24, 2.45) is 17.8 Å². The van der Waals surface area contributed by atoms with Crippen molar-refractivity contribution in [1.82, 2.24) is 10.2 Å². The van der Waals surface area contributed by atoms with Gasteiger partial charge in [0.1, 0.15) is 0 Å². The summed E-state index contributed by atoms with van der Waals surface area (Å²) in [4.78, 5) is 14.7. The van der Waals surface area contributed by atoms with Crippen LogP contribution < -0.4 is 5.32 Å². The number of carbonyl (C=O) groups is 1. The molecule has 0 radical (unpaired) electrons. The summed E-state index contributed by atoms with van der Waals surface area (Å²) in [5.41, 5.74) is 0. The van der Waals surface area contributed by atoms with Crippen LogP contribution in [0.4, 0.5) is 0 Å². The Kier molecular flexibility index (Phi) is 3.35. The Balaban J connectivity index is 1.55. The molecule has 3 heteroatoms. The lowest BCUT2D eigenvalue weighted by molar-refractivity contribution is -0.137. The van der Waals surface area contributed by atoms with E-state index in [2.05, 4.69) is 24.1 Å². The molecule has 3 saturated heterocycles. The topological polar surface area (TPSA) is 32.3 Å². The van der Waals surface area contributed by atoms with E-state index in [1.165, 1.54) is 25.7 Å². The number of hydrogen-bond donors (Lipinski definition) is 1. The summed E-state index contributed by atoms with van der Waals surface area (Å²) in [5, 5.41) is 3.58. The van der Waals surface area contributed by atoms with Gasteiger partial charge in [-0.2, -0.15) is 0 Å². The van der Waals surface area contributed by atoms with Crippen molar-refractivity contribution in [1.29, 1.82) is 0 Å². The minimum Gasteiger partial charge on any atom is -0.342 e. The summed E-state index contributed by atoms with van der Waals surface area (Å²) in [6.45, 7) is 6.61. The number of nitrogens with one attached hydrogen (secondary N) is 1. The van der Waals surface area contributed by atoms with Crippen molar-refractivity contribution >= 4 is 5.91 Å². The summed E-state index contributed by atoms with van der Waals surface area (Å²) in [6.07, 6.45) is 6.00. The van der Waals surface area contributed by atoms with Crippen molar-refractivity contribution in [2.45, 2.75) is 58.0 Å². The van der Waals surface area contributed by atoms with Crippen LogP contribution >= 0.6 is 0 Å². The van der Waals surface area contributed by atoms with Gasteiger partial charge in [0.2, 0.25) is 5.91 Å². The standard InChI is InChI=1S/C15H26N2O/c1-10(2)11-5-7-17(8-6-11)15(18)13-9-12-3-4-14(13)16-12/h10-14,16H,3-9H2,1-2H3. The Morgan fingerprint density at radius 2 is 1.89 bits per heavy atom. The largest absolute Gasteiger partial charge is 0.342 e. The van der Waals surface area contributed by atoms with E-state index in [0.717, 1.165) is 31.3 Å². The third-order valence-electron chi connectivity index (χ3n) is 5.41. The Morgan fingerprint density at radius 1 is 1.17 bits per heavy atom. The van der Waals surface area contributed by atoms with Gasteiger partial charge in [-0.15, -0.1) is 0 Å². The zero-order valence-corrected chi connectivity index (χ0v) is 11.7. The van der Waals surface area contributed by atoms with Crippen LogP contribution in [0.25, 0.3) is 0 Å². The van der Waals surface area contributed by atoms with E-state index in [1.807, 2.05) is 0 Å². The second kappa shape index (κ2) is 4.84. The van der Waals surface area contributed by atoms with Gasteiger partial charge in [-0.25, -0.2) is 0 Å². The van der Waals surface area contributed by atoms with Gasteiger partial charge < -0.3 is 10.2 Å². The normalized spacial score (nSPS) is 36.6. The number of amides is 1. The number of rotatable bonds is 2. The van der Waals surface area contributed by atoms with E-state index in [4.69, 9.17) is 0 Å². The van der Waals surface area contributed by atoms with Gasteiger partial charge in [-0.05, 0) is 43.9 Å². The molecule has 3 aliphatic heterocycles. The number of fused-ring (bicyclic) bond motifs is 2. The first-order valence-corrected chi connectivity index (χ1v) is 7.70. The molecule has 3 nitrogen and oxygen atoms in total. The van der Waals surface area contributed by atoms with Crippen molar-refractivity contribution < 1.29 is 4.79 Å². The maximum absolute atomic E-state index is 12.6. The number of nitrogens with zero attached hydrogens (tertiary/aromatic N) is 1. The molecule has 0 aliphatic carbocycles. The first-order valence-electron chi connectivity index (χ1n) is 7.70. The van der Waals surface area contributed by atoms with Gasteiger partial charge in [0, 0.05) is 25.2 Å². The summed E-state index contributed by atoms with van der Waals surface area (Å²) >= 11 is 0. The van der Waals surface area contributed by atoms with Crippen LogP contribution in [-0.2, 0) is 4.79 Å². The Bertz CT molecular complexity index is 320. The Hall–Kier alpha value is -0.570. The summed E-state index contributed by atoms with van der Waals surface area (Å²) < 4.78 is 0. The van der Waals surface area contributed by atoms with Crippen LogP contribution in [0.1, 0.15) is 46.0 Å². The molecule has 0 aromatic heterocycles. The SMILES string of the molecule is CC(C)C1CCN(C(=O)C2CC3CCC2N3)CC1. The fourth-order valence-electron chi connectivity index (χ4n) is 4.12. The zero-order valence-electron chi connectivity index (χ0n) is 11.7. The third kappa shape index (κ3) is 2.18. The van der Waals surface area contributed by atoms with E-state index in [1.54, 1.807) is 0 Å². The quantitative estimate of drug-likeness (QED) is 0.813. The van der Waals surface area contributed by atoms with Gasteiger partial charge in [-0.3, -0.25) is 4.79 Å². The second-order valence-electron chi connectivity index (χ2n) is 6.80. The fraction of sp³-hybridized carbons (Fsp3) is 0.933. The van der Waals surface area contributed by atoms with E-state index < -0.39 is 0 Å². The highest BCUT2D eigenvalue weighted by Gasteiger charge is 2.44. The van der Waals surface area contributed by atoms with E-state index in [-0.39, 0.29) is 0 Å². The second-order valence-corrected chi connectivity index (χ2v) is 6.80. The molecule has 18 heavy (non-hydrogen) atoms. The lowest BCUT2D eigenvalue weighted by Crippen LogP contribution is -2.45. The molecule has 3 unspecified atom stereocenters. The molecule has 3 heterocycles. The molecule has 1 amide bonds. The first kappa shape index (κ1) is 12.5. The van der Waals surface area contributed by atoms with Crippen molar-refractivity contribution in [2.75, 3.05) is 13.1 Å². The first-order chi connectivity index (χ1) is 8.65. The smallest absolute Gasteiger partial charge is 0.227 e. The van der Waals surface area contributed by atoms with Gasteiger partial charge in [0.15, 0.2) is 0 Å². The van der Waals surface area contributed by atoms with Gasteiger partial charge in [-0.1, -0.05) is 13.8 Å². The molecule has 1 N–H and O–H groups in total. The minimum atomic E-state index is 0.291. The van der Waals surface area contributed by atoms with Crippen LogP contribution in [0.3, 0.4) is 0 Å². The molecule has 102 valence electrons. The highest BCUT2D eigenvalue weighted by Crippen LogP contribution is 2.35. The van der Waals surface area contributed by atoms with Gasteiger partial charge in [0.25, 0.3) is 0 Å². The lowest BCUT2D eigenvalue weighted by atomic mass is 9.84. The molecule has 0 aromatic rings. The van der Waals surface area contributed by atoms with Crippen LogP contribution in [0, 0.1) is 17.8 Å². The molecule has 3 rings (SSSR count). The van der Waals surface area contributed by atoms with E-state index in [9.17, 15) is 4.79 Å². The minimum absolute atomic E-state index is 0.291. The Labute approximate surface area is 110 Å². The molecule has 3 atom stereocenters. The molecule has 0 spiro atoms. The average Bonchev–Trinajstić information content (AvgIpc) is 3.00. The van der Waals surface area contributed by atoms with E-state index >= 15 is 0 Å². The molecular weight excluding hydrogens is 224 g/mol. The van der Waals surface area contributed by atoms with Crippen LogP contribution in [0.2, 0.25) is 0 Å². The number of piperidine rings is 1. The zero-order chi connectivity index (χ0) is 12.7. The summed E-state index contributed by atoms with van der Waals surface area (Å²) in [5.74, 6) is 2.33. The van der Waals surface area contributed by atoms with E-state index in [0.29, 0.717) is 23.9 Å². The maximum atomic E-state index is 12.6. The van der Waals surface area contributed by atoms with Crippen LogP contribution in [-0.4, -0.2) is 36.0 Å². The molecule has 0 aromatic carbocycles. The van der Waals surface area contributed by atoms with Gasteiger partial charge in [0.05, 0.1) is 5.92 Å². The third-order valence-corrected chi connectivity index (χ3v) is 5.41. The molecule has 0 saturated carbocycles. The number of hydrogen-bond acceptors (Lipinski definition) is 2. The van der Waals surface area contributed by atoms with Crippen molar-refractivity contribution in [3.63, 3.8) is 0 Å². The summed E-state index contributed by atoms with van der Waals surface area (Å²) in [7, 11) is 0. The van der Waals surface area contributed by atoms with Crippen LogP contribution in [0.15, 0.2) is 0 Å². The predicted molar refractivity (Wildman–Crippen MR) is 72.2 cm³/mol. The average molecular weight is 250 g/mol. The molecular formula is C15H26N2O. The maximum Gasteiger partial charge on any atom is 0.227 e. The monoisotopic (exact) mass is 250 g/mol. The number of likely N-dealkylation sites (tertiary alicyclic amines) is 1. The molecule has 3 fully saturated rings. The Morgan fingerprint density at radius 3 is 2.39 bits per heavy atom. The highest BCUT2D eigenvalue weighted by atomic mass is 16.2. The van der Waals surface area contributed by atoms with Crippen LogP contribution in [0.5, 0.6) is 0 Å². The van der Waals surface area contributed by atoms with Crippen molar-refractivity contribution in [3.05, 3.63) is 0 Å². The highest BCUT2D eigenvalue weighted by molar-refractivity contribution is 5.80. The fourth-order valence-corrected chi connectivity index (χ4v) is 4.12. The lowest BCUT2D eigenvalue weighted by Gasteiger charge is -2.36. The predicted octanol–water partition coefficient (Wildman–Crippen LogP) is 2.02. The van der Waals surface area contributed by atoms with Gasteiger partial charge >= 0.3 is 0 Å². The van der Waals surface area contributed by atoms with Crippen molar-refractivity contribution in [3.8, 4) is 0 Å². The number of carbonyl (C=O) groups excluding carboxylic acids is 1. The molecule has 2 bridgehead atoms.